The molecule has 40 heavy (non-hydrogen) atoms. The van der Waals surface area contributed by atoms with Crippen LogP contribution in [0.3, 0.4) is 0 Å². The van der Waals surface area contributed by atoms with Crippen LogP contribution < -0.4 is 10.5 Å². The lowest BCUT2D eigenvalue weighted by Crippen LogP contribution is -2.52. The lowest BCUT2D eigenvalue weighted by atomic mass is 9.91. The molecule has 0 aliphatic carbocycles. The number of fused-ring (bicyclic) bond motifs is 1. The van der Waals surface area contributed by atoms with E-state index in [4.69, 9.17) is 19.9 Å². The van der Waals surface area contributed by atoms with Gasteiger partial charge in [0.1, 0.15) is 11.3 Å². The number of nitrogens with zero attached hydrogens (tertiary/aromatic N) is 3. The number of esters is 1. The number of para-hydroxylation sites is 1. The van der Waals surface area contributed by atoms with Crippen LogP contribution in [-0.2, 0) is 23.9 Å². The lowest BCUT2D eigenvalue weighted by molar-refractivity contribution is -0.156. The van der Waals surface area contributed by atoms with Gasteiger partial charge in [-0.15, -0.1) is 0 Å². The topological polar surface area (TPSA) is 179 Å². The van der Waals surface area contributed by atoms with Crippen molar-refractivity contribution in [2.75, 3.05) is 39.9 Å². The highest BCUT2D eigenvalue weighted by Crippen LogP contribution is 2.38. The molecule has 3 amide bonds. The molecule has 0 saturated carbocycles. The summed E-state index contributed by atoms with van der Waals surface area (Å²) in [6.07, 6.45) is -1.06. The number of aromatic nitrogens is 1. The summed E-state index contributed by atoms with van der Waals surface area (Å²) in [6.45, 7) is 5.58. The molecule has 1 saturated heterocycles. The SMILES string of the molecule is CCOC(=O)N1CCN(C(=O)C(CCC(=O)O)c2nc3ccccc3c(OC(C)(C)C(=O)OC)c2C(N)=O)CC1. The largest absolute Gasteiger partial charge is 0.481 e. The van der Waals surface area contributed by atoms with E-state index in [0.29, 0.717) is 10.9 Å². The Morgan fingerprint density at radius 1 is 1.07 bits per heavy atom. The number of carbonyl (C=O) groups excluding carboxylic acids is 4. The van der Waals surface area contributed by atoms with Crippen molar-refractivity contribution in [1.82, 2.24) is 14.8 Å². The number of carboxylic acid groups (broad SMARTS) is 1. The van der Waals surface area contributed by atoms with E-state index in [-0.39, 0.29) is 56.2 Å². The van der Waals surface area contributed by atoms with E-state index in [1.165, 1.54) is 30.8 Å². The number of aliphatic carboxylic acids is 1. The zero-order valence-corrected chi connectivity index (χ0v) is 23.0. The van der Waals surface area contributed by atoms with Crippen LogP contribution in [0.25, 0.3) is 10.9 Å². The molecule has 13 heteroatoms. The fourth-order valence-electron chi connectivity index (χ4n) is 4.53. The summed E-state index contributed by atoms with van der Waals surface area (Å²) in [5.41, 5.74) is 4.32. The number of ether oxygens (including phenoxy) is 3. The lowest BCUT2D eigenvalue weighted by Gasteiger charge is -2.36. The minimum absolute atomic E-state index is 0.0547. The summed E-state index contributed by atoms with van der Waals surface area (Å²) in [7, 11) is 1.20. The molecule has 1 fully saturated rings. The summed E-state index contributed by atoms with van der Waals surface area (Å²) in [6, 6.07) is 6.64. The average Bonchev–Trinajstić information content (AvgIpc) is 2.92. The van der Waals surface area contributed by atoms with Crippen LogP contribution in [0.15, 0.2) is 24.3 Å². The van der Waals surface area contributed by atoms with Gasteiger partial charge in [-0.1, -0.05) is 12.1 Å². The number of nitrogens with two attached hydrogens (primary N) is 1. The highest BCUT2D eigenvalue weighted by atomic mass is 16.6. The molecular weight excluding hydrogens is 524 g/mol. The summed E-state index contributed by atoms with van der Waals surface area (Å²) in [4.78, 5) is 70.4. The van der Waals surface area contributed by atoms with E-state index in [2.05, 4.69) is 4.98 Å². The highest BCUT2D eigenvalue weighted by Gasteiger charge is 2.38. The van der Waals surface area contributed by atoms with Gasteiger partial charge in [-0.05, 0) is 39.3 Å². The van der Waals surface area contributed by atoms with Crippen LogP contribution in [0.2, 0.25) is 0 Å². The second kappa shape index (κ2) is 12.6. The first-order valence-electron chi connectivity index (χ1n) is 12.8. The van der Waals surface area contributed by atoms with E-state index < -0.39 is 47.8 Å². The molecule has 2 aromatic rings. The van der Waals surface area contributed by atoms with Crippen molar-refractivity contribution in [3.8, 4) is 5.75 Å². The number of carbonyl (C=O) groups is 5. The molecule has 0 spiro atoms. The number of pyridine rings is 1. The first-order chi connectivity index (χ1) is 18.9. The van der Waals surface area contributed by atoms with E-state index in [0.717, 1.165) is 0 Å². The average molecular weight is 559 g/mol. The maximum atomic E-state index is 13.9. The third-order valence-electron chi connectivity index (χ3n) is 6.55. The predicted octanol–water partition coefficient (Wildman–Crippen LogP) is 1.91. The molecule has 13 nitrogen and oxygen atoms in total. The molecule has 0 radical (unpaired) electrons. The van der Waals surface area contributed by atoms with Gasteiger partial charge in [0.25, 0.3) is 5.91 Å². The molecule has 0 bridgehead atoms. The van der Waals surface area contributed by atoms with Gasteiger partial charge >= 0.3 is 18.0 Å². The van der Waals surface area contributed by atoms with Gasteiger partial charge in [0.05, 0.1) is 30.8 Å². The Balaban J connectivity index is 2.12. The van der Waals surface area contributed by atoms with Gasteiger partial charge in [0.15, 0.2) is 5.60 Å². The highest BCUT2D eigenvalue weighted by molar-refractivity contribution is 6.05. The minimum Gasteiger partial charge on any atom is -0.481 e. The Labute approximate surface area is 231 Å². The maximum Gasteiger partial charge on any atom is 0.409 e. The summed E-state index contributed by atoms with van der Waals surface area (Å²) >= 11 is 0. The van der Waals surface area contributed by atoms with Crippen molar-refractivity contribution < 1.29 is 43.3 Å². The molecule has 216 valence electrons. The van der Waals surface area contributed by atoms with Gasteiger partial charge in [-0.2, -0.15) is 0 Å². The first-order valence-corrected chi connectivity index (χ1v) is 12.8. The molecule has 1 unspecified atom stereocenters. The van der Waals surface area contributed by atoms with Crippen LogP contribution in [0.4, 0.5) is 4.79 Å². The van der Waals surface area contributed by atoms with Crippen LogP contribution in [0, 0.1) is 0 Å². The Morgan fingerprint density at radius 2 is 1.70 bits per heavy atom. The maximum absolute atomic E-state index is 13.9. The van der Waals surface area contributed by atoms with E-state index >= 15 is 0 Å². The molecule has 1 aliphatic heterocycles. The standard InChI is InChI=1S/C27H34N4O9/c1-5-39-26(37)31-14-12-30(13-15-31)24(35)17(10-11-19(32)33)21-20(23(28)34)22(40-27(2,3)25(36)38-4)16-8-6-7-9-18(16)29-21/h6-9,17H,5,10-15H2,1-4H3,(H2,28,34)(H,32,33). The van der Waals surface area contributed by atoms with Crippen molar-refractivity contribution in [3.05, 3.63) is 35.5 Å². The van der Waals surface area contributed by atoms with Crippen molar-refractivity contribution in [1.29, 1.82) is 0 Å². The fraction of sp³-hybridized carbons (Fsp3) is 0.481. The molecule has 2 heterocycles. The quantitative estimate of drug-likeness (QED) is 0.409. The monoisotopic (exact) mass is 558 g/mol. The number of benzene rings is 1. The van der Waals surface area contributed by atoms with Gasteiger partial charge in [0, 0.05) is 38.0 Å². The number of amides is 3. The molecule has 1 aromatic carbocycles. The summed E-state index contributed by atoms with van der Waals surface area (Å²) in [5, 5.41) is 9.79. The van der Waals surface area contributed by atoms with Crippen molar-refractivity contribution in [3.63, 3.8) is 0 Å². The fourth-order valence-corrected chi connectivity index (χ4v) is 4.53. The third-order valence-corrected chi connectivity index (χ3v) is 6.55. The second-order valence-electron chi connectivity index (χ2n) is 9.68. The Morgan fingerprint density at radius 3 is 2.27 bits per heavy atom. The minimum atomic E-state index is -1.55. The molecule has 3 rings (SSSR count). The smallest absolute Gasteiger partial charge is 0.409 e. The number of carboxylic acids is 1. The van der Waals surface area contributed by atoms with Crippen LogP contribution in [0.5, 0.6) is 5.75 Å². The first kappa shape index (κ1) is 30.1. The van der Waals surface area contributed by atoms with Gasteiger partial charge in [-0.3, -0.25) is 19.4 Å². The van der Waals surface area contributed by atoms with Gasteiger partial charge in [0.2, 0.25) is 5.91 Å². The van der Waals surface area contributed by atoms with Crippen LogP contribution in [-0.4, -0.2) is 95.2 Å². The summed E-state index contributed by atoms with van der Waals surface area (Å²) in [5.74, 6) is -4.56. The molecular formula is C27H34N4O9. The Bertz CT molecular complexity index is 1300. The van der Waals surface area contributed by atoms with Crippen LogP contribution >= 0.6 is 0 Å². The Kier molecular flexibility index (Phi) is 9.51. The number of piperazine rings is 1. The molecule has 1 aromatic heterocycles. The van der Waals surface area contributed by atoms with Crippen molar-refractivity contribution in [2.24, 2.45) is 5.73 Å². The Hall–Kier alpha value is -4.42. The number of methoxy groups -OCH3 is 1. The second-order valence-corrected chi connectivity index (χ2v) is 9.68. The molecule has 3 N–H and O–H groups in total. The zero-order chi connectivity index (χ0) is 29.6. The number of hydrogen-bond acceptors (Lipinski definition) is 9. The molecule has 1 atom stereocenters. The van der Waals surface area contributed by atoms with Crippen molar-refractivity contribution >= 4 is 40.7 Å². The predicted molar refractivity (Wildman–Crippen MR) is 142 cm³/mol. The molecule has 1 aliphatic rings. The van der Waals surface area contributed by atoms with Gasteiger partial charge in [-0.25, -0.2) is 9.59 Å². The number of rotatable bonds is 10. The number of hydrogen-bond donors (Lipinski definition) is 2. The zero-order valence-electron chi connectivity index (χ0n) is 23.0. The number of primary amides is 1. The van der Waals surface area contributed by atoms with Gasteiger partial charge < -0.3 is 34.9 Å². The van der Waals surface area contributed by atoms with E-state index in [9.17, 15) is 29.1 Å². The van der Waals surface area contributed by atoms with Crippen LogP contribution in [0.1, 0.15) is 55.6 Å². The van der Waals surface area contributed by atoms with E-state index in [1.807, 2.05) is 0 Å². The van der Waals surface area contributed by atoms with E-state index in [1.54, 1.807) is 31.2 Å². The van der Waals surface area contributed by atoms with Crippen molar-refractivity contribution in [2.45, 2.75) is 45.1 Å². The normalized spacial score (nSPS) is 14.4. The third kappa shape index (κ3) is 6.58. The summed E-state index contributed by atoms with van der Waals surface area (Å²) < 4.78 is 15.9.